The van der Waals surface area contributed by atoms with E-state index in [2.05, 4.69) is 26.8 Å². The third-order valence-corrected chi connectivity index (χ3v) is 5.58. The molecule has 26 heavy (non-hydrogen) atoms. The number of carbonyl (C=O) groups excluding carboxylic acids is 1. The first-order chi connectivity index (χ1) is 12.8. The van der Waals surface area contributed by atoms with Gasteiger partial charge in [0.15, 0.2) is 0 Å². The van der Waals surface area contributed by atoms with Crippen LogP contribution in [0.1, 0.15) is 22.1 Å². The van der Waals surface area contributed by atoms with E-state index in [-0.39, 0.29) is 11.9 Å². The summed E-state index contributed by atoms with van der Waals surface area (Å²) in [4.78, 5) is 17.0. The second kappa shape index (κ2) is 7.63. The molecule has 130 valence electrons. The van der Waals surface area contributed by atoms with Crippen LogP contribution in [0.4, 0.5) is 0 Å². The molecular formula is C19H16N4OS2. The van der Waals surface area contributed by atoms with Crippen molar-refractivity contribution >= 4 is 28.6 Å². The number of thiophene rings is 1. The summed E-state index contributed by atoms with van der Waals surface area (Å²) in [5.74, 6) is -0.171. The minimum absolute atomic E-state index is 0.0348. The van der Waals surface area contributed by atoms with E-state index < -0.39 is 0 Å². The van der Waals surface area contributed by atoms with Gasteiger partial charge in [-0.25, -0.2) is 4.98 Å². The molecule has 1 amide bonds. The Morgan fingerprint density at radius 1 is 1.15 bits per heavy atom. The molecule has 0 fully saturated rings. The second-order valence-electron chi connectivity index (χ2n) is 5.67. The highest BCUT2D eigenvalue weighted by atomic mass is 32.1. The standard InChI is InChI=1S/C19H16N4OS2/c24-18(16-13-26-19(22-16)14-5-2-1-3-6-14)20-11-17(15-7-10-25-12-15)23-9-4-8-21-23/h1-10,12-13,17H,11H2,(H,20,24). The zero-order valence-corrected chi connectivity index (χ0v) is 15.4. The third-order valence-electron chi connectivity index (χ3n) is 3.99. The Balaban J connectivity index is 1.47. The Morgan fingerprint density at radius 2 is 2.04 bits per heavy atom. The maximum atomic E-state index is 12.5. The largest absolute Gasteiger partial charge is 0.348 e. The molecule has 1 unspecified atom stereocenters. The van der Waals surface area contributed by atoms with Gasteiger partial charge in [-0.2, -0.15) is 16.4 Å². The molecular weight excluding hydrogens is 364 g/mol. The Hall–Kier alpha value is -2.77. The highest BCUT2D eigenvalue weighted by Gasteiger charge is 2.18. The number of carbonyl (C=O) groups is 1. The summed E-state index contributed by atoms with van der Waals surface area (Å²) in [7, 11) is 0. The molecule has 7 heteroatoms. The SMILES string of the molecule is O=C(NCC(c1ccsc1)n1cccn1)c1csc(-c2ccccc2)n1. The number of nitrogens with zero attached hydrogens (tertiary/aromatic N) is 3. The van der Waals surface area contributed by atoms with Crippen molar-refractivity contribution in [2.45, 2.75) is 6.04 Å². The number of aromatic nitrogens is 3. The van der Waals surface area contributed by atoms with Crippen molar-refractivity contribution in [1.29, 1.82) is 0 Å². The zero-order valence-electron chi connectivity index (χ0n) is 13.8. The predicted molar refractivity (Wildman–Crippen MR) is 105 cm³/mol. The molecule has 3 heterocycles. The van der Waals surface area contributed by atoms with Gasteiger partial charge >= 0.3 is 0 Å². The Kier molecular flexibility index (Phi) is 4.90. The lowest BCUT2D eigenvalue weighted by Crippen LogP contribution is -2.31. The lowest BCUT2D eigenvalue weighted by molar-refractivity contribution is 0.0945. The summed E-state index contributed by atoms with van der Waals surface area (Å²) in [6.45, 7) is 0.454. The van der Waals surface area contributed by atoms with E-state index >= 15 is 0 Å². The number of amides is 1. The highest BCUT2D eigenvalue weighted by molar-refractivity contribution is 7.13. The van der Waals surface area contributed by atoms with Crippen LogP contribution in [0.2, 0.25) is 0 Å². The van der Waals surface area contributed by atoms with Crippen molar-refractivity contribution in [3.63, 3.8) is 0 Å². The van der Waals surface area contributed by atoms with E-state index in [1.165, 1.54) is 11.3 Å². The molecule has 0 saturated carbocycles. The molecule has 0 spiro atoms. The fraction of sp³-hybridized carbons (Fsp3) is 0.105. The van der Waals surface area contributed by atoms with Crippen LogP contribution in [0.15, 0.2) is 71.0 Å². The number of rotatable bonds is 6. The number of hydrogen-bond donors (Lipinski definition) is 1. The molecule has 0 radical (unpaired) electrons. The van der Waals surface area contributed by atoms with Gasteiger partial charge in [-0.3, -0.25) is 9.48 Å². The molecule has 0 aliphatic heterocycles. The summed E-state index contributed by atoms with van der Waals surface area (Å²) in [6, 6.07) is 13.8. The summed E-state index contributed by atoms with van der Waals surface area (Å²) in [5.41, 5.74) is 2.59. The summed E-state index contributed by atoms with van der Waals surface area (Å²) >= 11 is 3.11. The van der Waals surface area contributed by atoms with Crippen LogP contribution in [-0.2, 0) is 0 Å². The fourth-order valence-corrected chi connectivity index (χ4v) is 4.18. The van der Waals surface area contributed by atoms with Crippen LogP contribution < -0.4 is 5.32 Å². The van der Waals surface area contributed by atoms with Gasteiger partial charge in [-0.05, 0) is 28.5 Å². The van der Waals surface area contributed by atoms with Crippen molar-refractivity contribution < 1.29 is 4.79 Å². The molecule has 5 nitrogen and oxygen atoms in total. The number of nitrogens with one attached hydrogen (secondary N) is 1. The van der Waals surface area contributed by atoms with E-state index in [0.717, 1.165) is 16.1 Å². The minimum atomic E-state index is -0.171. The highest BCUT2D eigenvalue weighted by Crippen LogP contribution is 2.23. The Labute approximate surface area is 159 Å². The topological polar surface area (TPSA) is 59.8 Å². The van der Waals surface area contributed by atoms with Crippen molar-refractivity contribution in [3.8, 4) is 10.6 Å². The second-order valence-corrected chi connectivity index (χ2v) is 7.31. The molecule has 4 rings (SSSR count). The zero-order chi connectivity index (χ0) is 17.8. The van der Waals surface area contributed by atoms with Gasteiger partial charge in [0, 0.05) is 29.9 Å². The van der Waals surface area contributed by atoms with Gasteiger partial charge in [0.05, 0.1) is 6.04 Å². The minimum Gasteiger partial charge on any atom is -0.348 e. The van der Waals surface area contributed by atoms with Crippen molar-refractivity contribution in [2.24, 2.45) is 0 Å². The fourth-order valence-electron chi connectivity index (χ4n) is 2.66. The maximum Gasteiger partial charge on any atom is 0.270 e. The van der Waals surface area contributed by atoms with Gasteiger partial charge in [0.1, 0.15) is 10.7 Å². The number of benzene rings is 1. The molecule has 1 N–H and O–H groups in total. The van der Waals surface area contributed by atoms with E-state index in [0.29, 0.717) is 12.2 Å². The molecule has 1 aromatic carbocycles. The normalized spacial score (nSPS) is 12.0. The Bertz CT molecular complexity index is 928. The summed E-state index contributed by atoms with van der Waals surface area (Å²) in [6.07, 6.45) is 3.65. The molecule has 1 atom stereocenters. The smallest absolute Gasteiger partial charge is 0.270 e. The average Bonchev–Trinajstić information content (AvgIpc) is 3.44. The van der Waals surface area contributed by atoms with Crippen LogP contribution in [0.25, 0.3) is 10.6 Å². The first-order valence-electron chi connectivity index (χ1n) is 8.11. The van der Waals surface area contributed by atoms with Gasteiger partial charge in [0.2, 0.25) is 0 Å². The average molecular weight is 380 g/mol. The predicted octanol–water partition coefficient (Wildman–Crippen LogP) is 4.09. The van der Waals surface area contributed by atoms with Crippen LogP contribution in [0.5, 0.6) is 0 Å². The van der Waals surface area contributed by atoms with Crippen LogP contribution >= 0.6 is 22.7 Å². The van der Waals surface area contributed by atoms with Crippen LogP contribution in [0, 0.1) is 0 Å². The van der Waals surface area contributed by atoms with Gasteiger partial charge < -0.3 is 5.32 Å². The quantitative estimate of drug-likeness (QED) is 0.548. The molecule has 0 aliphatic rings. The van der Waals surface area contributed by atoms with Crippen molar-refractivity contribution in [2.75, 3.05) is 6.54 Å². The maximum absolute atomic E-state index is 12.5. The summed E-state index contributed by atoms with van der Waals surface area (Å²) in [5, 5.41) is 14.1. The van der Waals surface area contributed by atoms with Crippen molar-refractivity contribution in [3.05, 3.63) is 82.3 Å². The third kappa shape index (κ3) is 3.58. The lowest BCUT2D eigenvalue weighted by atomic mass is 10.1. The lowest BCUT2D eigenvalue weighted by Gasteiger charge is -2.17. The van der Waals surface area contributed by atoms with Gasteiger partial charge in [0.25, 0.3) is 5.91 Å². The van der Waals surface area contributed by atoms with Crippen LogP contribution in [0.3, 0.4) is 0 Å². The molecule has 0 saturated heterocycles. The van der Waals surface area contributed by atoms with Crippen molar-refractivity contribution in [1.82, 2.24) is 20.1 Å². The molecule has 0 bridgehead atoms. The van der Waals surface area contributed by atoms with E-state index in [9.17, 15) is 4.79 Å². The molecule has 4 aromatic rings. The van der Waals surface area contributed by atoms with Gasteiger partial charge in [-0.15, -0.1) is 11.3 Å². The van der Waals surface area contributed by atoms with Gasteiger partial charge in [-0.1, -0.05) is 30.3 Å². The molecule has 3 aromatic heterocycles. The van der Waals surface area contributed by atoms with E-state index in [1.807, 2.05) is 52.7 Å². The number of hydrogen-bond acceptors (Lipinski definition) is 5. The Morgan fingerprint density at radius 3 is 2.77 bits per heavy atom. The van der Waals surface area contributed by atoms with E-state index in [4.69, 9.17) is 0 Å². The monoisotopic (exact) mass is 380 g/mol. The first kappa shape index (κ1) is 16.7. The van der Waals surface area contributed by atoms with E-state index in [1.54, 1.807) is 22.9 Å². The summed E-state index contributed by atoms with van der Waals surface area (Å²) < 4.78 is 1.86. The van der Waals surface area contributed by atoms with Crippen LogP contribution in [-0.4, -0.2) is 27.2 Å². The first-order valence-corrected chi connectivity index (χ1v) is 9.94. The molecule has 0 aliphatic carbocycles. The number of thiazole rings is 1.